The van der Waals surface area contributed by atoms with Crippen LogP contribution in [0.4, 0.5) is 5.82 Å². The van der Waals surface area contributed by atoms with Crippen molar-refractivity contribution in [1.29, 1.82) is 0 Å². The van der Waals surface area contributed by atoms with Crippen LogP contribution in [0, 0.1) is 0 Å². The van der Waals surface area contributed by atoms with Crippen molar-refractivity contribution in [2.75, 3.05) is 25.4 Å². The Labute approximate surface area is 140 Å². The third kappa shape index (κ3) is 3.40. The monoisotopic (exact) mass is 347 g/mol. The number of nitrogens with two attached hydrogens (primary N) is 1. The molecule has 1 aliphatic heterocycles. The van der Waals surface area contributed by atoms with Gasteiger partial charge in [-0.1, -0.05) is 0 Å². The van der Waals surface area contributed by atoms with Crippen LogP contribution < -0.4 is 11.1 Å². The third-order valence-corrected chi connectivity index (χ3v) is 3.56. The van der Waals surface area contributed by atoms with Gasteiger partial charge >= 0.3 is 0 Å². The van der Waals surface area contributed by atoms with Crippen molar-refractivity contribution in [2.24, 2.45) is 0 Å². The molecule has 1 atom stereocenters. The van der Waals surface area contributed by atoms with E-state index in [1.165, 1.54) is 6.33 Å². The second-order valence-electron chi connectivity index (χ2n) is 4.94. The first kappa shape index (κ1) is 18.4. The number of piperazine rings is 1. The van der Waals surface area contributed by atoms with E-state index in [1.807, 2.05) is 11.8 Å². The molecule has 10 heteroatoms. The second-order valence-corrected chi connectivity index (χ2v) is 4.94. The lowest BCUT2D eigenvalue weighted by Gasteiger charge is -2.34. The molecule has 1 amide bonds. The number of amides is 1. The maximum Gasteiger partial charge on any atom is 0.242 e. The molecule has 1 aliphatic rings. The van der Waals surface area contributed by atoms with Gasteiger partial charge in [0.1, 0.15) is 18.4 Å². The molecule has 0 bridgehead atoms. The summed E-state index contributed by atoms with van der Waals surface area (Å²) in [4.78, 5) is 26.5. The number of nitrogens with zero attached hydrogens (tertiary/aromatic N) is 5. The predicted molar refractivity (Wildman–Crippen MR) is 88.3 cm³/mol. The molecule has 2 aromatic heterocycles. The van der Waals surface area contributed by atoms with Crippen LogP contribution in [-0.2, 0) is 11.3 Å². The number of fused-ring (bicyclic) bond motifs is 1. The molecule has 0 aliphatic carbocycles. The van der Waals surface area contributed by atoms with Crippen LogP contribution in [0.15, 0.2) is 12.7 Å². The summed E-state index contributed by atoms with van der Waals surface area (Å²) in [5.74, 6) is 0.396. The summed E-state index contributed by atoms with van der Waals surface area (Å²) < 4.78 is 1.71. The first-order valence-corrected chi connectivity index (χ1v) is 6.58. The predicted octanol–water partition coefficient (Wildman–Crippen LogP) is 0.0724. The molecule has 0 unspecified atom stereocenters. The lowest BCUT2D eigenvalue weighted by molar-refractivity contribution is -0.134. The van der Waals surface area contributed by atoms with Crippen LogP contribution >= 0.6 is 24.8 Å². The van der Waals surface area contributed by atoms with Crippen LogP contribution in [0.25, 0.3) is 11.2 Å². The van der Waals surface area contributed by atoms with Gasteiger partial charge in [0.2, 0.25) is 5.91 Å². The Morgan fingerprint density at radius 1 is 1.41 bits per heavy atom. The van der Waals surface area contributed by atoms with Gasteiger partial charge < -0.3 is 20.5 Å². The number of hydrogen-bond acceptors (Lipinski definition) is 6. The zero-order valence-corrected chi connectivity index (χ0v) is 13.7. The summed E-state index contributed by atoms with van der Waals surface area (Å²) in [6.07, 6.45) is 2.97. The highest BCUT2D eigenvalue weighted by molar-refractivity contribution is 5.85. The van der Waals surface area contributed by atoms with Crippen molar-refractivity contribution in [3.63, 3.8) is 0 Å². The molecule has 122 valence electrons. The molecule has 1 fully saturated rings. The van der Waals surface area contributed by atoms with Crippen LogP contribution in [0.5, 0.6) is 0 Å². The third-order valence-electron chi connectivity index (χ3n) is 3.56. The van der Waals surface area contributed by atoms with E-state index in [1.54, 1.807) is 10.9 Å². The minimum absolute atomic E-state index is 0. The average molecular weight is 348 g/mol. The minimum atomic E-state index is 0. The maximum absolute atomic E-state index is 12.4. The second kappa shape index (κ2) is 7.57. The van der Waals surface area contributed by atoms with Crippen molar-refractivity contribution in [3.05, 3.63) is 12.7 Å². The van der Waals surface area contributed by atoms with Crippen LogP contribution in [-0.4, -0.2) is 56.0 Å². The number of carbonyl (C=O) groups is 1. The molecular weight excluding hydrogens is 329 g/mol. The smallest absolute Gasteiger partial charge is 0.242 e. The van der Waals surface area contributed by atoms with Gasteiger partial charge in [0, 0.05) is 25.7 Å². The number of aromatic nitrogens is 4. The summed E-state index contributed by atoms with van der Waals surface area (Å²) in [7, 11) is 0. The molecular formula is C12H19Cl2N7O. The van der Waals surface area contributed by atoms with Gasteiger partial charge in [0.15, 0.2) is 11.5 Å². The standard InChI is InChI=1S/C12H17N7O.2ClH/c1-8-4-14-2-3-19(8)9(20)5-18-7-17-10-11(13)15-6-16-12(10)18;;/h6-8,14H,2-5H2,1H3,(H2,13,15,16);2*1H/t8-;;/m1../s1. The molecule has 22 heavy (non-hydrogen) atoms. The summed E-state index contributed by atoms with van der Waals surface area (Å²) in [5.41, 5.74) is 6.86. The van der Waals surface area contributed by atoms with Crippen molar-refractivity contribution >= 4 is 47.7 Å². The molecule has 0 spiro atoms. The van der Waals surface area contributed by atoms with E-state index in [9.17, 15) is 4.79 Å². The number of nitrogen functional groups attached to an aromatic ring is 1. The first-order valence-electron chi connectivity index (χ1n) is 6.58. The number of anilines is 1. The van der Waals surface area contributed by atoms with Crippen molar-refractivity contribution < 1.29 is 4.79 Å². The minimum Gasteiger partial charge on any atom is -0.382 e. The Kier molecular flexibility index (Phi) is 6.34. The lowest BCUT2D eigenvalue weighted by Crippen LogP contribution is -2.53. The van der Waals surface area contributed by atoms with E-state index in [0.29, 0.717) is 17.0 Å². The van der Waals surface area contributed by atoms with Gasteiger partial charge in [-0.3, -0.25) is 4.79 Å². The van der Waals surface area contributed by atoms with Gasteiger partial charge in [-0.2, -0.15) is 0 Å². The number of hydrogen-bond donors (Lipinski definition) is 2. The Balaban J connectivity index is 0.00000121. The largest absolute Gasteiger partial charge is 0.382 e. The SMILES string of the molecule is C[C@@H]1CNCCN1C(=O)Cn1cnc2c(N)ncnc21.Cl.Cl. The van der Waals surface area contributed by atoms with E-state index >= 15 is 0 Å². The summed E-state index contributed by atoms with van der Waals surface area (Å²) in [6, 6.07) is 0.200. The van der Waals surface area contributed by atoms with E-state index < -0.39 is 0 Å². The van der Waals surface area contributed by atoms with E-state index in [2.05, 4.69) is 20.3 Å². The Morgan fingerprint density at radius 2 is 2.18 bits per heavy atom. The van der Waals surface area contributed by atoms with E-state index in [0.717, 1.165) is 19.6 Å². The number of nitrogens with one attached hydrogen (secondary N) is 1. The Bertz CT molecular complexity index is 647. The molecule has 3 rings (SSSR count). The van der Waals surface area contributed by atoms with E-state index in [4.69, 9.17) is 5.73 Å². The Morgan fingerprint density at radius 3 is 2.91 bits per heavy atom. The van der Waals surface area contributed by atoms with Crippen LogP contribution in [0.3, 0.4) is 0 Å². The molecule has 0 radical (unpaired) electrons. The molecule has 8 nitrogen and oxygen atoms in total. The highest BCUT2D eigenvalue weighted by atomic mass is 35.5. The van der Waals surface area contributed by atoms with Gasteiger partial charge in [0.25, 0.3) is 0 Å². The number of rotatable bonds is 2. The Hall–Kier alpha value is -1.64. The fourth-order valence-electron chi connectivity index (χ4n) is 2.46. The topological polar surface area (TPSA) is 102 Å². The zero-order valence-electron chi connectivity index (χ0n) is 12.1. The first-order chi connectivity index (χ1) is 9.66. The average Bonchev–Trinajstić information content (AvgIpc) is 2.84. The molecule has 2 aromatic rings. The van der Waals surface area contributed by atoms with Crippen molar-refractivity contribution in [1.82, 2.24) is 29.7 Å². The fraction of sp³-hybridized carbons (Fsp3) is 0.500. The van der Waals surface area contributed by atoms with Gasteiger partial charge in [-0.05, 0) is 6.92 Å². The highest BCUT2D eigenvalue weighted by Crippen LogP contribution is 2.14. The molecule has 0 aromatic carbocycles. The number of imidazole rings is 1. The number of halogens is 2. The molecule has 0 saturated carbocycles. The number of carbonyl (C=O) groups excluding carboxylic acids is 1. The van der Waals surface area contributed by atoms with Crippen LogP contribution in [0.1, 0.15) is 6.92 Å². The van der Waals surface area contributed by atoms with Crippen molar-refractivity contribution in [3.8, 4) is 0 Å². The lowest BCUT2D eigenvalue weighted by atomic mass is 10.2. The summed E-state index contributed by atoms with van der Waals surface area (Å²) in [5, 5.41) is 3.27. The molecule has 3 N–H and O–H groups in total. The summed E-state index contributed by atoms with van der Waals surface area (Å²) >= 11 is 0. The normalized spacial score (nSPS) is 17.7. The quantitative estimate of drug-likeness (QED) is 0.797. The van der Waals surface area contributed by atoms with Gasteiger partial charge in [0.05, 0.1) is 6.33 Å². The summed E-state index contributed by atoms with van der Waals surface area (Å²) in [6.45, 7) is 4.64. The van der Waals surface area contributed by atoms with E-state index in [-0.39, 0.29) is 43.3 Å². The highest BCUT2D eigenvalue weighted by Gasteiger charge is 2.23. The molecule has 3 heterocycles. The van der Waals surface area contributed by atoms with Gasteiger partial charge in [-0.25, -0.2) is 15.0 Å². The van der Waals surface area contributed by atoms with Crippen molar-refractivity contribution in [2.45, 2.75) is 19.5 Å². The van der Waals surface area contributed by atoms with Gasteiger partial charge in [-0.15, -0.1) is 24.8 Å². The zero-order chi connectivity index (χ0) is 14.1. The fourth-order valence-corrected chi connectivity index (χ4v) is 2.46. The molecule has 1 saturated heterocycles. The maximum atomic E-state index is 12.4. The van der Waals surface area contributed by atoms with Crippen LogP contribution in [0.2, 0.25) is 0 Å².